The van der Waals surface area contributed by atoms with Gasteiger partial charge >= 0.3 is 0 Å². The van der Waals surface area contributed by atoms with E-state index in [1.54, 1.807) is 6.20 Å². The Bertz CT molecular complexity index is 283. The van der Waals surface area contributed by atoms with Crippen LogP contribution in [0.1, 0.15) is 30.4 Å². The molecule has 1 aliphatic carbocycles. The first-order chi connectivity index (χ1) is 5.29. The Morgan fingerprint density at radius 2 is 2.36 bits per heavy atom. The normalized spacial score (nSPS) is 21.8. The highest BCUT2D eigenvalue weighted by molar-refractivity contribution is 6.31. The molecular formula is C9H10ClN. The van der Waals surface area contributed by atoms with E-state index in [4.69, 9.17) is 11.6 Å². The number of nitrogens with zero attached hydrogens (tertiary/aromatic N) is 1. The predicted molar refractivity (Wildman–Crippen MR) is 46.0 cm³/mol. The summed E-state index contributed by atoms with van der Waals surface area (Å²) in [5, 5.41) is 0.840. The highest BCUT2D eigenvalue weighted by Gasteiger charge is 2.20. The van der Waals surface area contributed by atoms with Crippen LogP contribution in [-0.4, -0.2) is 4.98 Å². The molecule has 1 heterocycles. The fraction of sp³-hybridized carbons (Fsp3) is 0.444. The average Bonchev–Trinajstić information content (AvgIpc) is 2.35. The van der Waals surface area contributed by atoms with Crippen LogP contribution < -0.4 is 0 Å². The molecular weight excluding hydrogens is 158 g/mol. The highest BCUT2D eigenvalue weighted by atomic mass is 35.5. The van der Waals surface area contributed by atoms with Crippen LogP contribution in [0.5, 0.6) is 0 Å². The topological polar surface area (TPSA) is 12.9 Å². The van der Waals surface area contributed by atoms with E-state index in [1.807, 2.05) is 6.20 Å². The summed E-state index contributed by atoms with van der Waals surface area (Å²) in [5.74, 6) is 0.649. The first-order valence-electron chi connectivity index (χ1n) is 3.91. The SMILES string of the molecule is CC1CCc2c(Cl)cncc21. The molecule has 1 aromatic rings. The maximum Gasteiger partial charge on any atom is 0.0624 e. The third-order valence-corrected chi connectivity index (χ3v) is 2.72. The maximum atomic E-state index is 5.97. The minimum atomic E-state index is 0.649. The molecule has 0 spiro atoms. The van der Waals surface area contributed by atoms with Crippen molar-refractivity contribution in [3.05, 3.63) is 28.5 Å². The Kier molecular flexibility index (Phi) is 1.61. The van der Waals surface area contributed by atoms with Gasteiger partial charge in [-0.2, -0.15) is 0 Å². The second-order valence-electron chi connectivity index (χ2n) is 3.13. The van der Waals surface area contributed by atoms with Crippen LogP contribution in [-0.2, 0) is 6.42 Å². The lowest BCUT2D eigenvalue weighted by atomic mass is 10.1. The molecule has 2 heteroatoms. The van der Waals surface area contributed by atoms with Crippen molar-refractivity contribution in [3.8, 4) is 0 Å². The fourth-order valence-electron chi connectivity index (χ4n) is 1.68. The van der Waals surface area contributed by atoms with Crippen molar-refractivity contribution in [1.82, 2.24) is 4.98 Å². The van der Waals surface area contributed by atoms with Gasteiger partial charge in [0, 0.05) is 12.4 Å². The zero-order chi connectivity index (χ0) is 7.84. The summed E-state index contributed by atoms with van der Waals surface area (Å²) in [6, 6.07) is 0. The largest absolute Gasteiger partial charge is 0.263 e. The lowest BCUT2D eigenvalue weighted by Crippen LogP contribution is -1.88. The molecule has 1 nitrogen and oxygen atoms in total. The smallest absolute Gasteiger partial charge is 0.0624 e. The quantitative estimate of drug-likeness (QED) is 0.579. The van der Waals surface area contributed by atoms with E-state index in [0.717, 1.165) is 11.4 Å². The van der Waals surface area contributed by atoms with E-state index in [-0.39, 0.29) is 0 Å². The minimum absolute atomic E-state index is 0.649. The van der Waals surface area contributed by atoms with Gasteiger partial charge in [0.05, 0.1) is 5.02 Å². The van der Waals surface area contributed by atoms with Gasteiger partial charge < -0.3 is 0 Å². The average molecular weight is 168 g/mol. The second kappa shape index (κ2) is 2.49. The van der Waals surface area contributed by atoms with Crippen LogP contribution in [0.2, 0.25) is 5.02 Å². The van der Waals surface area contributed by atoms with Crippen molar-refractivity contribution in [2.75, 3.05) is 0 Å². The van der Waals surface area contributed by atoms with Crippen molar-refractivity contribution in [3.63, 3.8) is 0 Å². The summed E-state index contributed by atoms with van der Waals surface area (Å²) in [4.78, 5) is 4.07. The third-order valence-electron chi connectivity index (χ3n) is 2.40. The molecule has 1 aromatic heterocycles. The molecule has 0 aromatic carbocycles. The Morgan fingerprint density at radius 3 is 3.09 bits per heavy atom. The minimum Gasteiger partial charge on any atom is -0.263 e. The maximum absolute atomic E-state index is 5.97. The first kappa shape index (κ1) is 7.11. The van der Waals surface area contributed by atoms with Crippen LogP contribution in [0.4, 0.5) is 0 Å². The number of fused-ring (bicyclic) bond motifs is 1. The summed E-state index contributed by atoms with van der Waals surface area (Å²) in [7, 11) is 0. The zero-order valence-corrected chi connectivity index (χ0v) is 7.23. The molecule has 1 atom stereocenters. The molecule has 0 N–H and O–H groups in total. The molecule has 0 aliphatic heterocycles. The van der Waals surface area contributed by atoms with Crippen molar-refractivity contribution in [2.45, 2.75) is 25.7 Å². The number of aromatic nitrogens is 1. The molecule has 0 fully saturated rings. The number of pyridine rings is 1. The van der Waals surface area contributed by atoms with Gasteiger partial charge in [-0.1, -0.05) is 18.5 Å². The van der Waals surface area contributed by atoms with E-state index in [0.29, 0.717) is 5.92 Å². The van der Waals surface area contributed by atoms with Crippen molar-refractivity contribution in [2.24, 2.45) is 0 Å². The highest BCUT2D eigenvalue weighted by Crippen LogP contribution is 2.35. The fourth-order valence-corrected chi connectivity index (χ4v) is 1.94. The van der Waals surface area contributed by atoms with Crippen LogP contribution in [0.3, 0.4) is 0 Å². The van der Waals surface area contributed by atoms with Gasteiger partial charge in [0.1, 0.15) is 0 Å². The van der Waals surface area contributed by atoms with Crippen LogP contribution in [0, 0.1) is 0 Å². The summed E-state index contributed by atoms with van der Waals surface area (Å²) in [6.07, 6.45) is 6.02. The molecule has 1 unspecified atom stereocenters. The second-order valence-corrected chi connectivity index (χ2v) is 3.54. The molecule has 1 aliphatic rings. The summed E-state index contributed by atoms with van der Waals surface area (Å²) in [5.41, 5.74) is 2.66. The van der Waals surface area contributed by atoms with E-state index >= 15 is 0 Å². The molecule has 58 valence electrons. The lowest BCUT2D eigenvalue weighted by molar-refractivity contribution is 0.745. The molecule has 0 bridgehead atoms. The van der Waals surface area contributed by atoms with Gasteiger partial charge in [-0.05, 0) is 29.9 Å². The van der Waals surface area contributed by atoms with E-state index < -0.39 is 0 Å². The molecule has 0 saturated carbocycles. The van der Waals surface area contributed by atoms with Crippen LogP contribution >= 0.6 is 11.6 Å². The molecule has 11 heavy (non-hydrogen) atoms. The van der Waals surface area contributed by atoms with Gasteiger partial charge in [-0.3, -0.25) is 4.98 Å². The van der Waals surface area contributed by atoms with Gasteiger partial charge in [-0.15, -0.1) is 0 Å². The van der Waals surface area contributed by atoms with Gasteiger partial charge in [-0.25, -0.2) is 0 Å². The van der Waals surface area contributed by atoms with Crippen LogP contribution in [0.15, 0.2) is 12.4 Å². The van der Waals surface area contributed by atoms with Crippen LogP contribution in [0.25, 0.3) is 0 Å². The number of hydrogen-bond donors (Lipinski definition) is 0. The number of rotatable bonds is 0. The zero-order valence-electron chi connectivity index (χ0n) is 6.47. The van der Waals surface area contributed by atoms with E-state index in [2.05, 4.69) is 11.9 Å². The molecule has 0 radical (unpaired) electrons. The molecule has 0 amide bonds. The number of hydrogen-bond acceptors (Lipinski definition) is 1. The van der Waals surface area contributed by atoms with Crippen molar-refractivity contribution < 1.29 is 0 Å². The summed E-state index contributed by atoms with van der Waals surface area (Å²) in [6.45, 7) is 2.23. The summed E-state index contributed by atoms with van der Waals surface area (Å²) < 4.78 is 0. The Labute approximate surface area is 71.4 Å². The molecule has 0 saturated heterocycles. The van der Waals surface area contributed by atoms with E-state index in [9.17, 15) is 0 Å². The third kappa shape index (κ3) is 1.04. The van der Waals surface area contributed by atoms with Gasteiger partial charge in [0.25, 0.3) is 0 Å². The standard InChI is InChI=1S/C9H10ClN/c1-6-2-3-7-8(6)4-11-5-9(7)10/h4-6H,2-3H2,1H3. The first-order valence-corrected chi connectivity index (χ1v) is 4.29. The van der Waals surface area contributed by atoms with Crippen molar-refractivity contribution >= 4 is 11.6 Å². The van der Waals surface area contributed by atoms with Crippen molar-refractivity contribution in [1.29, 1.82) is 0 Å². The summed E-state index contributed by atoms with van der Waals surface area (Å²) >= 11 is 5.97. The van der Waals surface area contributed by atoms with Gasteiger partial charge in [0.15, 0.2) is 0 Å². The number of halogens is 1. The van der Waals surface area contributed by atoms with Gasteiger partial charge in [0.2, 0.25) is 0 Å². The predicted octanol–water partition coefficient (Wildman–Crippen LogP) is 2.78. The van der Waals surface area contributed by atoms with E-state index in [1.165, 1.54) is 17.5 Å². The monoisotopic (exact) mass is 167 g/mol. The molecule has 2 rings (SSSR count). The lowest BCUT2D eigenvalue weighted by Gasteiger charge is -2.02. The Hall–Kier alpha value is -0.560. The Balaban J connectivity index is 2.57. The Morgan fingerprint density at radius 1 is 1.55 bits per heavy atom.